The van der Waals surface area contributed by atoms with Crippen LogP contribution in [0, 0.1) is 11.6 Å². The number of aromatic nitrogens is 1. The SMILES string of the molecule is O=C1CSC(c2cccn2S(=O)(=O)c2ccccc2)N1Cc1cccc(F)c1F. The molecule has 4 rings (SSSR count). The Balaban J connectivity index is 1.71. The summed E-state index contributed by atoms with van der Waals surface area (Å²) >= 11 is 1.25. The fourth-order valence-electron chi connectivity index (χ4n) is 3.22. The van der Waals surface area contributed by atoms with E-state index in [0.29, 0.717) is 5.69 Å². The van der Waals surface area contributed by atoms with Crippen molar-refractivity contribution in [3.63, 3.8) is 0 Å². The first-order valence-electron chi connectivity index (χ1n) is 8.71. The maximum atomic E-state index is 14.1. The predicted molar refractivity (Wildman–Crippen MR) is 106 cm³/mol. The summed E-state index contributed by atoms with van der Waals surface area (Å²) in [6, 6.07) is 14.9. The van der Waals surface area contributed by atoms with Crippen LogP contribution in [0.2, 0.25) is 0 Å². The highest BCUT2D eigenvalue weighted by molar-refractivity contribution is 8.00. The van der Waals surface area contributed by atoms with Gasteiger partial charge in [-0.05, 0) is 30.3 Å². The van der Waals surface area contributed by atoms with E-state index in [1.165, 1.54) is 47.1 Å². The maximum Gasteiger partial charge on any atom is 0.267 e. The summed E-state index contributed by atoms with van der Waals surface area (Å²) in [5.41, 5.74) is 0.413. The van der Waals surface area contributed by atoms with E-state index in [2.05, 4.69) is 0 Å². The van der Waals surface area contributed by atoms with Gasteiger partial charge in [0.05, 0.1) is 22.9 Å². The third-order valence-electron chi connectivity index (χ3n) is 4.64. The molecule has 2 heterocycles. The maximum absolute atomic E-state index is 14.1. The van der Waals surface area contributed by atoms with Gasteiger partial charge in [0.25, 0.3) is 10.0 Å². The van der Waals surface area contributed by atoms with Crippen LogP contribution in [-0.2, 0) is 21.4 Å². The minimum atomic E-state index is -3.86. The summed E-state index contributed by atoms with van der Waals surface area (Å²) in [4.78, 5) is 13.9. The summed E-state index contributed by atoms with van der Waals surface area (Å²) in [6.07, 6.45) is 1.42. The van der Waals surface area contributed by atoms with Crippen LogP contribution >= 0.6 is 11.8 Å². The van der Waals surface area contributed by atoms with Gasteiger partial charge < -0.3 is 4.90 Å². The number of nitrogens with zero attached hydrogens (tertiary/aromatic N) is 2. The molecule has 1 unspecified atom stereocenters. The van der Waals surface area contributed by atoms with Gasteiger partial charge in [0.2, 0.25) is 5.91 Å². The zero-order valence-electron chi connectivity index (χ0n) is 15.0. The molecular weight excluding hydrogens is 418 g/mol. The highest BCUT2D eigenvalue weighted by Gasteiger charge is 2.36. The van der Waals surface area contributed by atoms with E-state index < -0.39 is 27.0 Å². The molecular formula is C20H16F2N2O3S2. The molecule has 1 fully saturated rings. The quantitative estimate of drug-likeness (QED) is 0.613. The van der Waals surface area contributed by atoms with Crippen LogP contribution in [0.25, 0.3) is 0 Å². The third-order valence-corrected chi connectivity index (χ3v) is 7.58. The van der Waals surface area contributed by atoms with Gasteiger partial charge in [0.15, 0.2) is 11.6 Å². The number of hydrogen-bond acceptors (Lipinski definition) is 4. The second kappa shape index (κ2) is 7.64. The first kappa shape index (κ1) is 19.7. The van der Waals surface area contributed by atoms with Gasteiger partial charge in [-0.1, -0.05) is 30.3 Å². The Morgan fingerprint density at radius 2 is 1.76 bits per heavy atom. The molecule has 0 aliphatic carbocycles. The Kier molecular flexibility index (Phi) is 5.18. The molecule has 9 heteroatoms. The monoisotopic (exact) mass is 434 g/mol. The molecule has 1 amide bonds. The van der Waals surface area contributed by atoms with Gasteiger partial charge in [0.1, 0.15) is 5.37 Å². The lowest BCUT2D eigenvalue weighted by Gasteiger charge is -2.25. The second-order valence-corrected chi connectivity index (χ2v) is 9.33. The number of benzene rings is 2. The Morgan fingerprint density at radius 3 is 2.52 bits per heavy atom. The predicted octanol–water partition coefficient (Wildman–Crippen LogP) is 3.78. The van der Waals surface area contributed by atoms with Gasteiger partial charge in [-0.25, -0.2) is 21.2 Å². The fourth-order valence-corrected chi connectivity index (χ4v) is 5.88. The standard InChI is InChI=1S/C20H16F2N2O3S2/c21-16-9-4-6-14(19(16)22)12-23-18(25)13-28-20(23)17-10-5-11-24(17)29(26,27)15-7-2-1-3-8-15/h1-11,20H,12-13H2. The van der Waals surface area contributed by atoms with Gasteiger partial charge in [-0.2, -0.15) is 0 Å². The van der Waals surface area contributed by atoms with Crippen LogP contribution in [0.1, 0.15) is 16.6 Å². The van der Waals surface area contributed by atoms with E-state index in [4.69, 9.17) is 0 Å². The number of amides is 1. The van der Waals surface area contributed by atoms with E-state index >= 15 is 0 Å². The van der Waals surface area contributed by atoms with Crippen molar-refractivity contribution in [1.29, 1.82) is 0 Å². The molecule has 0 bridgehead atoms. The number of carbonyl (C=O) groups excluding carboxylic acids is 1. The van der Waals surface area contributed by atoms with E-state index in [1.54, 1.807) is 30.3 Å². The zero-order chi connectivity index (χ0) is 20.6. The third kappa shape index (κ3) is 3.56. The van der Waals surface area contributed by atoms with E-state index in [-0.39, 0.29) is 28.7 Å². The lowest BCUT2D eigenvalue weighted by atomic mass is 10.2. The Labute approximate surface area is 171 Å². The normalized spacial score (nSPS) is 17.1. The summed E-state index contributed by atoms with van der Waals surface area (Å²) < 4.78 is 54.9. The zero-order valence-corrected chi connectivity index (χ0v) is 16.7. The van der Waals surface area contributed by atoms with Crippen LogP contribution in [0.15, 0.2) is 71.8 Å². The largest absolute Gasteiger partial charge is 0.320 e. The van der Waals surface area contributed by atoms with Crippen LogP contribution in [0.5, 0.6) is 0 Å². The molecule has 1 aliphatic rings. The summed E-state index contributed by atoms with van der Waals surface area (Å²) in [5.74, 6) is -2.15. The first-order chi connectivity index (χ1) is 13.9. The van der Waals surface area contributed by atoms with Crippen molar-refractivity contribution in [3.05, 3.63) is 89.8 Å². The van der Waals surface area contributed by atoms with Gasteiger partial charge in [0, 0.05) is 11.8 Å². The average molecular weight is 434 g/mol. The van der Waals surface area contributed by atoms with Crippen molar-refractivity contribution in [1.82, 2.24) is 8.87 Å². The highest BCUT2D eigenvalue weighted by atomic mass is 32.2. The second-order valence-electron chi connectivity index (χ2n) is 6.44. The first-order valence-corrected chi connectivity index (χ1v) is 11.2. The number of hydrogen-bond donors (Lipinski definition) is 0. The van der Waals surface area contributed by atoms with Crippen LogP contribution in [-0.4, -0.2) is 29.0 Å². The van der Waals surface area contributed by atoms with E-state index in [9.17, 15) is 22.0 Å². The molecule has 1 atom stereocenters. The van der Waals surface area contributed by atoms with Crippen molar-refractivity contribution in [2.45, 2.75) is 16.8 Å². The van der Waals surface area contributed by atoms with Crippen LogP contribution in [0.3, 0.4) is 0 Å². The van der Waals surface area contributed by atoms with Crippen LogP contribution < -0.4 is 0 Å². The van der Waals surface area contributed by atoms with E-state index in [1.807, 2.05) is 0 Å². The topological polar surface area (TPSA) is 59.4 Å². The molecule has 0 spiro atoms. The highest BCUT2D eigenvalue weighted by Crippen LogP contribution is 2.40. The average Bonchev–Trinajstić information content (AvgIpc) is 3.34. The molecule has 0 radical (unpaired) electrons. The summed E-state index contributed by atoms with van der Waals surface area (Å²) in [7, 11) is -3.86. The molecule has 0 N–H and O–H groups in total. The van der Waals surface area contributed by atoms with Gasteiger partial charge >= 0.3 is 0 Å². The van der Waals surface area contributed by atoms with Crippen molar-refractivity contribution >= 4 is 27.7 Å². The minimum Gasteiger partial charge on any atom is -0.320 e. The number of thioether (sulfide) groups is 1. The molecule has 1 saturated heterocycles. The summed E-state index contributed by atoms with van der Waals surface area (Å²) in [5, 5.41) is -0.640. The molecule has 1 aromatic heterocycles. The number of carbonyl (C=O) groups is 1. The van der Waals surface area contributed by atoms with Crippen molar-refractivity contribution in [2.24, 2.45) is 0 Å². The fraction of sp³-hybridized carbons (Fsp3) is 0.150. The lowest BCUT2D eigenvalue weighted by Crippen LogP contribution is -2.30. The molecule has 3 aromatic rings. The van der Waals surface area contributed by atoms with Crippen molar-refractivity contribution in [2.75, 3.05) is 5.75 Å². The molecule has 2 aromatic carbocycles. The molecule has 5 nitrogen and oxygen atoms in total. The van der Waals surface area contributed by atoms with Gasteiger partial charge in [-0.15, -0.1) is 11.8 Å². The van der Waals surface area contributed by atoms with E-state index in [0.717, 1.165) is 10.0 Å². The molecule has 0 saturated carbocycles. The Hall–Kier alpha value is -2.65. The van der Waals surface area contributed by atoms with Crippen molar-refractivity contribution in [3.8, 4) is 0 Å². The molecule has 29 heavy (non-hydrogen) atoms. The minimum absolute atomic E-state index is 0.0369. The Bertz CT molecular complexity index is 1160. The lowest BCUT2D eigenvalue weighted by molar-refractivity contribution is -0.128. The van der Waals surface area contributed by atoms with Gasteiger partial charge in [-0.3, -0.25) is 4.79 Å². The number of halogens is 2. The molecule has 1 aliphatic heterocycles. The molecule has 150 valence electrons. The smallest absolute Gasteiger partial charge is 0.267 e. The summed E-state index contributed by atoms with van der Waals surface area (Å²) in [6.45, 7) is -0.156. The number of rotatable bonds is 5. The Morgan fingerprint density at radius 1 is 1.00 bits per heavy atom. The van der Waals surface area contributed by atoms with Crippen LogP contribution in [0.4, 0.5) is 8.78 Å². The van der Waals surface area contributed by atoms with Crippen molar-refractivity contribution < 1.29 is 22.0 Å².